The summed E-state index contributed by atoms with van der Waals surface area (Å²) in [5, 5.41) is 3.28. The molecular weight excluding hydrogens is 279 g/mol. The number of anilines is 1. The first kappa shape index (κ1) is 14.4. The standard InChI is InChI=1S/C12H15ClF3N3/c1-19(9-3-2-4-17-7-9)11-10(13)5-8(6-18-11)12(14,15)16/h5-6,9,17H,2-4,7H2,1H3/t9-/m0/s1. The summed E-state index contributed by atoms with van der Waals surface area (Å²) >= 11 is 5.92. The molecular formula is C12H15ClF3N3. The minimum Gasteiger partial charge on any atom is -0.354 e. The highest BCUT2D eigenvalue weighted by molar-refractivity contribution is 6.33. The number of aromatic nitrogens is 1. The van der Waals surface area contributed by atoms with Crippen molar-refractivity contribution in [1.29, 1.82) is 0 Å². The third-order valence-corrected chi connectivity index (χ3v) is 3.58. The lowest BCUT2D eigenvalue weighted by Crippen LogP contribution is -2.44. The summed E-state index contributed by atoms with van der Waals surface area (Å²) in [5.41, 5.74) is -0.823. The van der Waals surface area contributed by atoms with Gasteiger partial charge in [-0.05, 0) is 25.5 Å². The molecule has 2 heterocycles. The highest BCUT2D eigenvalue weighted by atomic mass is 35.5. The van der Waals surface area contributed by atoms with Gasteiger partial charge < -0.3 is 10.2 Å². The topological polar surface area (TPSA) is 28.2 Å². The molecule has 7 heteroatoms. The maximum Gasteiger partial charge on any atom is 0.417 e. The first-order valence-corrected chi connectivity index (χ1v) is 6.43. The van der Waals surface area contributed by atoms with E-state index in [0.29, 0.717) is 5.82 Å². The van der Waals surface area contributed by atoms with Gasteiger partial charge in [0.05, 0.1) is 10.6 Å². The lowest BCUT2D eigenvalue weighted by atomic mass is 10.1. The van der Waals surface area contributed by atoms with E-state index in [0.717, 1.165) is 38.2 Å². The second kappa shape index (κ2) is 5.54. The second-order valence-corrected chi connectivity index (χ2v) is 5.05. The Balaban J connectivity index is 2.20. The van der Waals surface area contributed by atoms with Crippen LogP contribution in [0.2, 0.25) is 5.02 Å². The number of hydrogen-bond acceptors (Lipinski definition) is 3. The van der Waals surface area contributed by atoms with Crippen LogP contribution in [-0.2, 0) is 6.18 Å². The van der Waals surface area contributed by atoms with Gasteiger partial charge >= 0.3 is 6.18 Å². The van der Waals surface area contributed by atoms with Crippen molar-refractivity contribution < 1.29 is 13.2 Å². The molecule has 0 aliphatic carbocycles. The van der Waals surface area contributed by atoms with Crippen molar-refractivity contribution in [2.75, 3.05) is 25.0 Å². The summed E-state index contributed by atoms with van der Waals surface area (Å²) in [4.78, 5) is 5.71. The predicted molar refractivity (Wildman–Crippen MR) is 68.5 cm³/mol. The van der Waals surface area contributed by atoms with Crippen LogP contribution in [0.4, 0.5) is 19.0 Å². The van der Waals surface area contributed by atoms with Gasteiger partial charge in [-0.15, -0.1) is 0 Å². The fraction of sp³-hybridized carbons (Fsp3) is 0.583. The second-order valence-electron chi connectivity index (χ2n) is 4.64. The normalized spacial score (nSPS) is 20.4. The molecule has 0 unspecified atom stereocenters. The van der Waals surface area contributed by atoms with Crippen LogP contribution in [0.5, 0.6) is 0 Å². The van der Waals surface area contributed by atoms with E-state index in [1.54, 1.807) is 7.05 Å². The van der Waals surface area contributed by atoms with Gasteiger partial charge in [0.25, 0.3) is 0 Å². The number of alkyl halides is 3. The first-order valence-electron chi connectivity index (χ1n) is 6.06. The number of nitrogens with one attached hydrogen (secondary N) is 1. The van der Waals surface area contributed by atoms with Crippen molar-refractivity contribution in [3.05, 3.63) is 22.8 Å². The Morgan fingerprint density at radius 1 is 1.47 bits per heavy atom. The molecule has 0 amide bonds. The van der Waals surface area contributed by atoms with Gasteiger partial charge in [0.2, 0.25) is 0 Å². The average Bonchev–Trinajstić information content (AvgIpc) is 2.38. The molecule has 1 aliphatic heterocycles. The van der Waals surface area contributed by atoms with Crippen LogP contribution in [-0.4, -0.2) is 31.2 Å². The molecule has 19 heavy (non-hydrogen) atoms. The van der Waals surface area contributed by atoms with Crippen LogP contribution in [0.15, 0.2) is 12.3 Å². The number of piperidine rings is 1. The van der Waals surface area contributed by atoms with Gasteiger partial charge in [-0.25, -0.2) is 4.98 Å². The van der Waals surface area contributed by atoms with Gasteiger partial charge in [0.15, 0.2) is 0 Å². The van der Waals surface area contributed by atoms with Crippen LogP contribution < -0.4 is 10.2 Å². The Morgan fingerprint density at radius 3 is 2.74 bits per heavy atom. The van der Waals surface area contributed by atoms with Crippen LogP contribution in [0.3, 0.4) is 0 Å². The Labute approximate surface area is 114 Å². The molecule has 1 fully saturated rings. The lowest BCUT2D eigenvalue weighted by molar-refractivity contribution is -0.137. The summed E-state index contributed by atoms with van der Waals surface area (Å²) in [6.45, 7) is 1.76. The molecule has 3 nitrogen and oxygen atoms in total. The van der Waals surface area contributed by atoms with Gasteiger partial charge in [-0.1, -0.05) is 11.6 Å². The van der Waals surface area contributed by atoms with E-state index in [-0.39, 0.29) is 11.1 Å². The van der Waals surface area contributed by atoms with Crippen molar-refractivity contribution in [1.82, 2.24) is 10.3 Å². The zero-order chi connectivity index (χ0) is 14.0. The van der Waals surface area contributed by atoms with Crippen molar-refractivity contribution in [2.45, 2.75) is 25.1 Å². The predicted octanol–water partition coefficient (Wildman–Crippen LogP) is 2.94. The molecule has 1 atom stereocenters. The quantitative estimate of drug-likeness (QED) is 0.909. The van der Waals surface area contributed by atoms with E-state index < -0.39 is 11.7 Å². The molecule has 0 bridgehead atoms. The van der Waals surface area contributed by atoms with Crippen LogP contribution in [0, 0.1) is 0 Å². The zero-order valence-electron chi connectivity index (χ0n) is 10.5. The van der Waals surface area contributed by atoms with E-state index in [1.807, 2.05) is 4.90 Å². The molecule has 0 spiro atoms. The fourth-order valence-corrected chi connectivity index (χ4v) is 2.48. The number of likely N-dealkylation sites (N-methyl/N-ethyl adjacent to an activating group) is 1. The zero-order valence-corrected chi connectivity index (χ0v) is 11.2. The largest absolute Gasteiger partial charge is 0.417 e. The van der Waals surface area contributed by atoms with Crippen molar-refractivity contribution in [3.8, 4) is 0 Å². The molecule has 1 aliphatic rings. The summed E-state index contributed by atoms with van der Waals surface area (Å²) in [6.07, 6.45) is -1.58. The maximum atomic E-state index is 12.5. The summed E-state index contributed by atoms with van der Waals surface area (Å²) in [6, 6.07) is 1.13. The fourth-order valence-electron chi connectivity index (χ4n) is 2.18. The number of halogens is 4. The molecule has 1 aromatic rings. The Kier molecular flexibility index (Phi) is 4.20. The Morgan fingerprint density at radius 2 is 2.21 bits per heavy atom. The molecule has 0 aromatic carbocycles. The minimum atomic E-state index is -4.42. The molecule has 0 saturated carbocycles. The van der Waals surface area contributed by atoms with Gasteiger partial charge in [0, 0.05) is 25.8 Å². The van der Waals surface area contributed by atoms with Crippen LogP contribution >= 0.6 is 11.6 Å². The smallest absolute Gasteiger partial charge is 0.354 e. The third-order valence-electron chi connectivity index (χ3n) is 3.30. The number of nitrogens with zero attached hydrogens (tertiary/aromatic N) is 2. The molecule has 0 radical (unpaired) electrons. The molecule has 2 rings (SSSR count). The monoisotopic (exact) mass is 293 g/mol. The van der Waals surface area contributed by atoms with E-state index in [4.69, 9.17) is 11.6 Å². The molecule has 1 aromatic heterocycles. The molecule has 1 saturated heterocycles. The lowest BCUT2D eigenvalue weighted by Gasteiger charge is -2.33. The van der Waals surface area contributed by atoms with E-state index in [2.05, 4.69) is 10.3 Å². The summed E-state index contributed by atoms with van der Waals surface area (Å²) in [5.74, 6) is 0.392. The van der Waals surface area contributed by atoms with Crippen molar-refractivity contribution >= 4 is 17.4 Å². The number of rotatable bonds is 2. The Hall–Kier alpha value is -1.01. The summed E-state index contributed by atoms with van der Waals surface area (Å²) < 4.78 is 37.6. The van der Waals surface area contributed by atoms with Gasteiger partial charge in [-0.3, -0.25) is 0 Å². The van der Waals surface area contributed by atoms with Gasteiger partial charge in [0.1, 0.15) is 5.82 Å². The maximum absolute atomic E-state index is 12.5. The Bertz CT molecular complexity index is 444. The van der Waals surface area contributed by atoms with E-state index in [9.17, 15) is 13.2 Å². The number of hydrogen-bond donors (Lipinski definition) is 1. The van der Waals surface area contributed by atoms with Crippen LogP contribution in [0.25, 0.3) is 0 Å². The average molecular weight is 294 g/mol. The van der Waals surface area contributed by atoms with E-state index in [1.165, 1.54) is 0 Å². The first-order chi connectivity index (χ1) is 8.89. The van der Waals surface area contributed by atoms with Crippen LogP contribution in [0.1, 0.15) is 18.4 Å². The SMILES string of the molecule is CN(c1ncc(C(F)(F)F)cc1Cl)[C@H]1CCCNC1. The number of pyridine rings is 1. The summed E-state index contributed by atoms with van der Waals surface area (Å²) in [7, 11) is 1.80. The van der Waals surface area contributed by atoms with Crippen molar-refractivity contribution in [2.24, 2.45) is 0 Å². The highest BCUT2D eigenvalue weighted by Gasteiger charge is 2.32. The third kappa shape index (κ3) is 3.30. The molecule has 1 N–H and O–H groups in total. The highest BCUT2D eigenvalue weighted by Crippen LogP contribution is 2.33. The minimum absolute atomic E-state index is 0.0305. The molecule has 106 valence electrons. The van der Waals surface area contributed by atoms with Gasteiger partial charge in [-0.2, -0.15) is 13.2 Å². The van der Waals surface area contributed by atoms with Crippen molar-refractivity contribution in [3.63, 3.8) is 0 Å². The van der Waals surface area contributed by atoms with E-state index >= 15 is 0 Å².